The van der Waals surface area contributed by atoms with Crippen molar-refractivity contribution < 1.29 is 4.74 Å². The van der Waals surface area contributed by atoms with E-state index in [1.165, 1.54) is 27.4 Å². The Labute approximate surface area is 153 Å². The van der Waals surface area contributed by atoms with Gasteiger partial charge in [0.25, 0.3) is 0 Å². The van der Waals surface area contributed by atoms with Crippen LogP contribution in [0.15, 0.2) is 54.9 Å². The van der Waals surface area contributed by atoms with Crippen LogP contribution in [0.2, 0.25) is 0 Å². The predicted octanol–water partition coefficient (Wildman–Crippen LogP) is 4.41. The normalized spacial score (nSPS) is 10.9. The minimum absolute atomic E-state index is 0. The van der Waals surface area contributed by atoms with Crippen molar-refractivity contribution in [1.82, 2.24) is 15.3 Å². The number of methoxy groups -OCH3 is 1. The number of halogens is 1. The minimum Gasteiger partial charge on any atom is -0.497 e. The molecule has 130 valence electrons. The number of hydrogen-bond acceptors (Lipinski definition) is 2. The quantitative estimate of drug-likeness (QED) is 0.449. The Morgan fingerprint density at radius 2 is 1.88 bits per heavy atom. The van der Waals surface area contributed by atoms with Crippen molar-refractivity contribution in [2.75, 3.05) is 13.7 Å². The van der Waals surface area contributed by atoms with Crippen molar-refractivity contribution in [2.24, 2.45) is 0 Å². The molecule has 3 N–H and O–H groups in total. The fourth-order valence-corrected chi connectivity index (χ4v) is 3.16. The van der Waals surface area contributed by atoms with Gasteiger partial charge in [0, 0.05) is 35.4 Å². The van der Waals surface area contributed by atoms with Crippen molar-refractivity contribution >= 4 is 34.2 Å². The molecule has 0 bridgehead atoms. The van der Waals surface area contributed by atoms with Gasteiger partial charge in [0.15, 0.2) is 0 Å². The number of H-pyrrole nitrogens is 2. The van der Waals surface area contributed by atoms with Gasteiger partial charge in [-0.1, -0.05) is 6.07 Å². The minimum atomic E-state index is 0. The van der Waals surface area contributed by atoms with Crippen LogP contribution in [0.4, 0.5) is 0 Å². The first-order chi connectivity index (χ1) is 11.8. The second kappa shape index (κ2) is 7.64. The number of nitrogens with one attached hydrogen (secondary N) is 3. The van der Waals surface area contributed by atoms with Crippen molar-refractivity contribution in [3.63, 3.8) is 0 Å². The van der Waals surface area contributed by atoms with E-state index >= 15 is 0 Å². The van der Waals surface area contributed by atoms with Gasteiger partial charge in [0.1, 0.15) is 5.75 Å². The van der Waals surface area contributed by atoms with Crippen molar-refractivity contribution in [1.29, 1.82) is 0 Å². The molecule has 0 radical (unpaired) electrons. The predicted molar refractivity (Wildman–Crippen MR) is 106 cm³/mol. The lowest BCUT2D eigenvalue weighted by Gasteiger charge is -2.06. The maximum absolute atomic E-state index is 5.33. The summed E-state index contributed by atoms with van der Waals surface area (Å²) in [5, 5.41) is 6.04. The summed E-state index contributed by atoms with van der Waals surface area (Å²) >= 11 is 0. The monoisotopic (exact) mass is 355 g/mol. The third-order valence-electron chi connectivity index (χ3n) is 4.49. The summed E-state index contributed by atoms with van der Waals surface area (Å²) in [7, 11) is 1.70. The molecular formula is C20H22ClN3O. The van der Waals surface area contributed by atoms with Gasteiger partial charge in [-0.3, -0.25) is 0 Å². The van der Waals surface area contributed by atoms with Crippen LogP contribution in [0, 0.1) is 0 Å². The zero-order chi connectivity index (χ0) is 16.4. The van der Waals surface area contributed by atoms with E-state index in [-0.39, 0.29) is 12.4 Å². The third-order valence-corrected chi connectivity index (χ3v) is 4.49. The lowest BCUT2D eigenvalue weighted by molar-refractivity contribution is 0.415. The summed E-state index contributed by atoms with van der Waals surface area (Å²) in [4.78, 5) is 6.55. The van der Waals surface area contributed by atoms with Gasteiger partial charge < -0.3 is 20.0 Å². The molecule has 25 heavy (non-hydrogen) atoms. The van der Waals surface area contributed by atoms with Crippen LogP contribution < -0.4 is 10.1 Å². The van der Waals surface area contributed by atoms with Crippen molar-refractivity contribution in [2.45, 2.75) is 13.0 Å². The molecule has 0 aliphatic carbocycles. The average Bonchev–Trinajstić information content (AvgIpc) is 3.24. The summed E-state index contributed by atoms with van der Waals surface area (Å²) in [5.74, 6) is 0.899. The second-order valence-corrected chi connectivity index (χ2v) is 6.05. The highest BCUT2D eigenvalue weighted by Gasteiger charge is 2.05. The van der Waals surface area contributed by atoms with E-state index in [1.54, 1.807) is 7.11 Å². The van der Waals surface area contributed by atoms with Gasteiger partial charge in [-0.05, 0) is 65.9 Å². The van der Waals surface area contributed by atoms with E-state index in [1.807, 2.05) is 12.3 Å². The van der Waals surface area contributed by atoms with E-state index in [9.17, 15) is 0 Å². The molecule has 0 saturated heterocycles. The molecule has 0 saturated carbocycles. The number of fused-ring (bicyclic) bond motifs is 2. The standard InChI is InChI=1S/C20H21N3O.ClH/c1-24-17-3-5-20-18(11-17)16(13-23-20)6-8-21-12-14-2-4-19-15(10-14)7-9-22-19;/h2-5,7,9-11,13,21-23H,6,8,12H2,1H3;1H. The number of rotatable bonds is 6. The summed E-state index contributed by atoms with van der Waals surface area (Å²) < 4.78 is 5.33. The molecule has 2 heterocycles. The Kier molecular flexibility index (Phi) is 5.31. The van der Waals surface area contributed by atoms with Gasteiger partial charge in [-0.25, -0.2) is 0 Å². The Hall–Kier alpha value is -2.43. The molecular weight excluding hydrogens is 334 g/mol. The molecule has 0 aliphatic rings. The fourth-order valence-electron chi connectivity index (χ4n) is 3.16. The summed E-state index contributed by atoms with van der Waals surface area (Å²) in [6.45, 7) is 1.82. The van der Waals surface area contributed by atoms with Crippen LogP contribution in [0.5, 0.6) is 5.75 Å². The lowest BCUT2D eigenvalue weighted by atomic mass is 10.1. The maximum atomic E-state index is 5.33. The van der Waals surface area contributed by atoms with Crippen LogP contribution in [0.25, 0.3) is 21.8 Å². The SMILES string of the molecule is COc1ccc2[nH]cc(CCNCc3ccc4[nH]ccc4c3)c2c1.Cl. The van der Waals surface area contributed by atoms with Crippen LogP contribution in [-0.2, 0) is 13.0 Å². The Morgan fingerprint density at radius 1 is 1.00 bits per heavy atom. The van der Waals surface area contributed by atoms with Crippen LogP contribution in [0.3, 0.4) is 0 Å². The first-order valence-corrected chi connectivity index (χ1v) is 8.24. The molecule has 4 nitrogen and oxygen atoms in total. The molecule has 0 unspecified atom stereocenters. The highest BCUT2D eigenvalue weighted by Crippen LogP contribution is 2.23. The summed E-state index contributed by atoms with van der Waals surface area (Å²) in [5.41, 5.74) is 4.97. The molecule has 0 atom stereocenters. The molecule has 0 amide bonds. The maximum Gasteiger partial charge on any atom is 0.119 e. The van der Waals surface area contributed by atoms with Crippen molar-refractivity contribution in [3.8, 4) is 5.75 Å². The molecule has 0 spiro atoms. The van der Waals surface area contributed by atoms with E-state index in [0.29, 0.717) is 0 Å². The van der Waals surface area contributed by atoms with E-state index in [0.717, 1.165) is 30.8 Å². The average molecular weight is 356 g/mol. The van der Waals surface area contributed by atoms with Crippen LogP contribution in [-0.4, -0.2) is 23.6 Å². The van der Waals surface area contributed by atoms with Gasteiger partial charge >= 0.3 is 0 Å². The Morgan fingerprint density at radius 3 is 2.76 bits per heavy atom. The lowest BCUT2D eigenvalue weighted by Crippen LogP contribution is -2.16. The van der Waals surface area contributed by atoms with Gasteiger partial charge in [-0.15, -0.1) is 12.4 Å². The first-order valence-electron chi connectivity index (χ1n) is 8.24. The largest absolute Gasteiger partial charge is 0.497 e. The van der Waals surface area contributed by atoms with E-state index in [4.69, 9.17) is 4.74 Å². The smallest absolute Gasteiger partial charge is 0.119 e. The number of hydrogen-bond donors (Lipinski definition) is 3. The van der Waals surface area contributed by atoms with Gasteiger partial charge in [-0.2, -0.15) is 0 Å². The van der Waals surface area contributed by atoms with Crippen molar-refractivity contribution in [3.05, 3.63) is 66.0 Å². The first kappa shape index (κ1) is 17.4. The van der Waals surface area contributed by atoms with E-state index < -0.39 is 0 Å². The second-order valence-electron chi connectivity index (χ2n) is 6.05. The Balaban J connectivity index is 0.00000182. The molecule has 4 rings (SSSR count). The third kappa shape index (κ3) is 3.65. The Bertz CT molecular complexity index is 973. The number of aromatic amines is 2. The van der Waals surface area contributed by atoms with Crippen LogP contribution >= 0.6 is 12.4 Å². The summed E-state index contributed by atoms with van der Waals surface area (Å²) in [6, 6.07) is 14.8. The van der Waals surface area contributed by atoms with Gasteiger partial charge in [0.05, 0.1) is 7.11 Å². The molecule has 4 aromatic rings. The highest BCUT2D eigenvalue weighted by atomic mass is 35.5. The molecule has 0 fully saturated rings. The number of ether oxygens (including phenoxy) is 1. The van der Waals surface area contributed by atoms with E-state index in [2.05, 4.69) is 57.9 Å². The topological polar surface area (TPSA) is 52.8 Å². The fraction of sp³-hybridized carbons (Fsp3) is 0.200. The number of benzene rings is 2. The van der Waals surface area contributed by atoms with Crippen LogP contribution in [0.1, 0.15) is 11.1 Å². The molecule has 2 aromatic heterocycles. The van der Waals surface area contributed by atoms with Gasteiger partial charge in [0.2, 0.25) is 0 Å². The molecule has 5 heteroatoms. The zero-order valence-corrected chi connectivity index (χ0v) is 15.0. The zero-order valence-electron chi connectivity index (χ0n) is 14.1. The highest BCUT2D eigenvalue weighted by molar-refractivity contribution is 5.85. The summed E-state index contributed by atoms with van der Waals surface area (Å²) in [6.07, 6.45) is 5.06. The molecule has 2 aromatic carbocycles. The number of aromatic nitrogens is 2. The molecule has 0 aliphatic heterocycles.